The average molecular weight is 421 g/mol. The minimum Gasteiger partial charge on any atom is -0.388 e. The number of hydrogen-bond donors (Lipinski definition) is 3. The van der Waals surface area contributed by atoms with Crippen LogP contribution in [-0.4, -0.2) is 38.3 Å². The Morgan fingerprint density at radius 1 is 1.07 bits per heavy atom. The van der Waals surface area contributed by atoms with Gasteiger partial charge in [-0.2, -0.15) is 0 Å². The molecular formula is C20H34F2N2O3S. The number of aliphatic hydroxyl groups is 1. The standard InChI is InChI=1S/C20H34F2N2O3S/c1-16(8-5-4-6-14-20(2,21)22)23-15-7-9-19(25)17-10-12-18(13-11-17)24-28(3,26)27/h10-13,16,19,23-25H,4-9,14-15H2,1-3H3. The molecule has 3 N–H and O–H groups in total. The Bertz CT molecular complexity index is 661. The first kappa shape index (κ1) is 24.8. The molecule has 28 heavy (non-hydrogen) atoms. The number of unbranched alkanes of at least 4 members (excludes halogenated alkanes) is 2. The van der Waals surface area contributed by atoms with E-state index in [-0.39, 0.29) is 6.42 Å². The fraction of sp³-hybridized carbons (Fsp3) is 0.700. The normalized spacial score (nSPS) is 14.6. The Balaban J connectivity index is 2.18. The van der Waals surface area contributed by atoms with Crippen LogP contribution >= 0.6 is 0 Å². The molecule has 0 aliphatic carbocycles. The van der Waals surface area contributed by atoms with Gasteiger partial charge in [0.2, 0.25) is 15.9 Å². The van der Waals surface area contributed by atoms with Gasteiger partial charge in [-0.25, -0.2) is 17.2 Å². The molecule has 0 heterocycles. The van der Waals surface area contributed by atoms with Crippen LogP contribution in [0.25, 0.3) is 0 Å². The van der Waals surface area contributed by atoms with Crippen molar-refractivity contribution in [2.24, 2.45) is 0 Å². The molecule has 8 heteroatoms. The number of anilines is 1. The predicted molar refractivity (Wildman–Crippen MR) is 110 cm³/mol. The Morgan fingerprint density at radius 2 is 1.71 bits per heavy atom. The maximum absolute atomic E-state index is 12.7. The van der Waals surface area contributed by atoms with Crippen LogP contribution in [-0.2, 0) is 10.0 Å². The highest BCUT2D eigenvalue weighted by molar-refractivity contribution is 7.92. The topological polar surface area (TPSA) is 78.4 Å². The van der Waals surface area contributed by atoms with Crippen molar-refractivity contribution in [2.45, 2.75) is 76.9 Å². The van der Waals surface area contributed by atoms with E-state index in [9.17, 15) is 22.3 Å². The summed E-state index contributed by atoms with van der Waals surface area (Å²) in [6.07, 6.45) is 5.11. The van der Waals surface area contributed by atoms with Crippen molar-refractivity contribution in [3.63, 3.8) is 0 Å². The highest BCUT2D eigenvalue weighted by Crippen LogP contribution is 2.22. The SMILES string of the molecule is CC(CCCCCC(C)(F)F)NCCCC(O)c1ccc(NS(C)(=O)=O)cc1. The van der Waals surface area contributed by atoms with Crippen molar-refractivity contribution >= 4 is 15.7 Å². The van der Waals surface area contributed by atoms with Crippen LogP contribution in [0.5, 0.6) is 0 Å². The van der Waals surface area contributed by atoms with E-state index in [1.807, 2.05) is 0 Å². The zero-order valence-electron chi connectivity index (χ0n) is 17.0. The minimum atomic E-state index is -3.31. The summed E-state index contributed by atoms with van der Waals surface area (Å²) in [4.78, 5) is 0. The van der Waals surface area contributed by atoms with Gasteiger partial charge in [0, 0.05) is 18.2 Å². The molecule has 1 aromatic carbocycles. The lowest BCUT2D eigenvalue weighted by Crippen LogP contribution is -2.27. The first-order chi connectivity index (χ1) is 13.0. The second-order valence-corrected chi connectivity index (χ2v) is 9.43. The number of benzene rings is 1. The molecule has 0 saturated heterocycles. The van der Waals surface area contributed by atoms with Crippen LogP contribution in [0.15, 0.2) is 24.3 Å². The quantitative estimate of drug-likeness (QED) is 0.389. The molecule has 0 bridgehead atoms. The van der Waals surface area contributed by atoms with E-state index < -0.39 is 22.0 Å². The molecule has 0 aliphatic heterocycles. The molecule has 0 aromatic heterocycles. The van der Waals surface area contributed by atoms with Crippen molar-refractivity contribution in [1.82, 2.24) is 5.32 Å². The van der Waals surface area contributed by atoms with Crippen molar-refractivity contribution < 1.29 is 22.3 Å². The maximum atomic E-state index is 12.7. The maximum Gasteiger partial charge on any atom is 0.245 e. The highest BCUT2D eigenvalue weighted by Gasteiger charge is 2.19. The van der Waals surface area contributed by atoms with E-state index in [0.29, 0.717) is 24.6 Å². The van der Waals surface area contributed by atoms with Crippen molar-refractivity contribution in [3.8, 4) is 0 Å². The molecule has 5 nitrogen and oxygen atoms in total. The Morgan fingerprint density at radius 3 is 2.29 bits per heavy atom. The van der Waals surface area contributed by atoms with Gasteiger partial charge in [0.05, 0.1) is 12.4 Å². The minimum absolute atomic E-state index is 0.0437. The third-order valence-corrected chi connectivity index (χ3v) is 5.11. The predicted octanol–water partition coefficient (Wildman–Crippen LogP) is 4.46. The molecule has 162 valence electrons. The van der Waals surface area contributed by atoms with Crippen molar-refractivity contribution in [2.75, 3.05) is 17.5 Å². The van der Waals surface area contributed by atoms with E-state index in [1.165, 1.54) is 0 Å². The second-order valence-electron chi connectivity index (χ2n) is 7.68. The lowest BCUT2D eigenvalue weighted by atomic mass is 10.0. The third kappa shape index (κ3) is 12.3. The van der Waals surface area contributed by atoms with Gasteiger partial charge in [-0.05, 0) is 63.8 Å². The molecule has 0 radical (unpaired) electrons. The van der Waals surface area contributed by atoms with Gasteiger partial charge in [0.25, 0.3) is 0 Å². The number of halogens is 2. The summed E-state index contributed by atoms with van der Waals surface area (Å²) in [5, 5.41) is 13.6. The Kier molecular flexibility index (Phi) is 10.3. The fourth-order valence-corrected chi connectivity index (χ4v) is 3.53. The third-order valence-electron chi connectivity index (χ3n) is 4.50. The monoisotopic (exact) mass is 420 g/mol. The molecule has 1 aromatic rings. The van der Waals surface area contributed by atoms with E-state index in [4.69, 9.17) is 0 Å². The fourth-order valence-electron chi connectivity index (χ4n) is 2.96. The first-order valence-electron chi connectivity index (χ1n) is 9.83. The zero-order chi connectivity index (χ0) is 21.2. The average Bonchev–Trinajstić information content (AvgIpc) is 2.56. The second kappa shape index (κ2) is 11.7. The molecule has 0 aliphatic rings. The number of aliphatic hydroxyl groups excluding tert-OH is 1. The van der Waals surface area contributed by atoms with Crippen LogP contribution in [0.4, 0.5) is 14.5 Å². The number of rotatable bonds is 14. The highest BCUT2D eigenvalue weighted by atomic mass is 32.2. The van der Waals surface area contributed by atoms with Gasteiger partial charge >= 0.3 is 0 Å². The van der Waals surface area contributed by atoms with E-state index in [0.717, 1.165) is 51.0 Å². The van der Waals surface area contributed by atoms with E-state index in [1.54, 1.807) is 24.3 Å². The van der Waals surface area contributed by atoms with Gasteiger partial charge in [0.15, 0.2) is 0 Å². The molecule has 1 rings (SSSR count). The summed E-state index contributed by atoms with van der Waals surface area (Å²) in [6.45, 7) is 3.82. The molecule has 0 amide bonds. The Labute approximate surface area is 168 Å². The van der Waals surface area contributed by atoms with Crippen LogP contribution in [0.2, 0.25) is 0 Å². The number of sulfonamides is 1. The summed E-state index contributed by atoms with van der Waals surface area (Å²) < 4.78 is 50.2. The molecule has 0 spiro atoms. The van der Waals surface area contributed by atoms with Gasteiger partial charge in [-0.3, -0.25) is 4.72 Å². The lowest BCUT2D eigenvalue weighted by molar-refractivity contribution is 0.0103. The van der Waals surface area contributed by atoms with E-state index in [2.05, 4.69) is 17.0 Å². The number of alkyl halides is 2. The summed E-state index contributed by atoms with van der Waals surface area (Å²) in [6, 6.07) is 7.02. The van der Waals surface area contributed by atoms with Gasteiger partial charge in [-0.1, -0.05) is 25.0 Å². The summed E-state index contributed by atoms with van der Waals surface area (Å²) in [7, 11) is -3.31. The molecular weight excluding hydrogens is 386 g/mol. The van der Waals surface area contributed by atoms with Crippen LogP contribution in [0, 0.1) is 0 Å². The van der Waals surface area contributed by atoms with Gasteiger partial charge in [0.1, 0.15) is 0 Å². The smallest absolute Gasteiger partial charge is 0.245 e. The first-order valence-corrected chi connectivity index (χ1v) is 11.7. The molecule has 2 atom stereocenters. The van der Waals surface area contributed by atoms with Crippen LogP contribution < -0.4 is 10.0 Å². The number of nitrogens with one attached hydrogen (secondary N) is 2. The molecule has 0 fully saturated rings. The summed E-state index contributed by atoms with van der Waals surface area (Å²) in [5.41, 5.74) is 1.22. The largest absolute Gasteiger partial charge is 0.388 e. The lowest BCUT2D eigenvalue weighted by Gasteiger charge is -2.16. The van der Waals surface area contributed by atoms with Crippen LogP contribution in [0.3, 0.4) is 0 Å². The summed E-state index contributed by atoms with van der Waals surface area (Å²) >= 11 is 0. The van der Waals surface area contributed by atoms with E-state index >= 15 is 0 Å². The molecule has 0 saturated carbocycles. The van der Waals surface area contributed by atoms with Crippen molar-refractivity contribution in [1.29, 1.82) is 0 Å². The Hall–Kier alpha value is -1.25. The summed E-state index contributed by atoms with van der Waals surface area (Å²) in [5.74, 6) is -2.56. The van der Waals surface area contributed by atoms with Crippen LogP contribution in [0.1, 0.15) is 70.5 Å². The zero-order valence-corrected chi connectivity index (χ0v) is 17.9. The number of hydrogen-bond acceptors (Lipinski definition) is 4. The molecule has 2 unspecified atom stereocenters. The van der Waals surface area contributed by atoms with Gasteiger partial charge < -0.3 is 10.4 Å². The van der Waals surface area contributed by atoms with Gasteiger partial charge in [-0.15, -0.1) is 0 Å². The van der Waals surface area contributed by atoms with Crippen molar-refractivity contribution in [3.05, 3.63) is 29.8 Å².